The maximum atomic E-state index is 11.7. The third-order valence-electron chi connectivity index (χ3n) is 0.975. The van der Waals surface area contributed by atoms with Crippen LogP contribution < -0.4 is 5.32 Å². The van der Waals surface area contributed by atoms with Crippen molar-refractivity contribution in [3.63, 3.8) is 0 Å². The summed E-state index contributed by atoms with van der Waals surface area (Å²) in [4.78, 5) is 21.3. The summed E-state index contributed by atoms with van der Waals surface area (Å²) in [7, 11) is 0. The van der Waals surface area contributed by atoms with Gasteiger partial charge in [-0.2, -0.15) is 0 Å². The molecule has 0 radical (unpaired) electrons. The van der Waals surface area contributed by atoms with Crippen molar-refractivity contribution in [2.45, 2.75) is 17.8 Å². The van der Waals surface area contributed by atoms with Crippen molar-refractivity contribution in [3.8, 4) is 0 Å². The zero-order valence-corrected chi connectivity index (χ0v) is 10.6. The number of nitrogens with zero attached hydrogens (tertiary/aromatic N) is 1. The molecule has 3 amide bonds. The van der Waals surface area contributed by atoms with Crippen LogP contribution in [-0.2, 0) is 4.79 Å². The number of urea groups is 1. The summed E-state index contributed by atoms with van der Waals surface area (Å²) in [6.07, 6.45) is -5.01. The molecule has 0 aliphatic carbocycles. The number of halogens is 3. The van der Waals surface area contributed by atoms with Crippen LogP contribution in [0.5, 0.6) is 0 Å². The monoisotopic (exact) mass is 344 g/mol. The van der Waals surface area contributed by atoms with Crippen molar-refractivity contribution in [3.05, 3.63) is 0 Å². The van der Waals surface area contributed by atoms with Gasteiger partial charge in [-0.3, -0.25) is 0 Å². The van der Waals surface area contributed by atoms with Crippen LogP contribution in [0.4, 0.5) is 18.0 Å². The second-order valence-electron chi connectivity index (χ2n) is 1.88. The molecule has 0 heterocycles. The Morgan fingerprint density at radius 3 is 1.93 bits per heavy atom. The Morgan fingerprint density at radius 2 is 1.64 bits per heavy atom. The third-order valence-corrected chi connectivity index (χ3v) is 6.31. The van der Waals surface area contributed by atoms with Gasteiger partial charge in [-0.05, 0) is 0 Å². The van der Waals surface area contributed by atoms with Crippen LogP contribution in [0.3, 0.4) is 0 Å². The Morgan fingerprint density at radius 1 is 1.21 bits per heavy atom. The number of rotatable bonds is 2. The van der Waals surface area contributed by atoms with Crippen molar-refractivity contribution in [1.82, 2.24) is 8.25 Å². The van der Waals surface area contributed by atoms with E-state index in [1.54, 1.807) is 11.6 Å². The molecular formula is C5H7F3N2O2Se2. The molecule has 1 N–H and O–H groups in total. The van der Waals surface area contributed by atoms with Crippen molar-refractivity contribution < 1.29 is 22.8 Å². The van der Waals surface area contributed by atoms with Crippen molar-refractivity contribution in [2.75, 3.05) is 0 Å². The molecule has 0 aromatic carbocycles. The van der Waals surface area contributed by atoms with E-state index < -0.39 is 18.1 Å². The molecule has 9 heteroatoms. The molecule has 0 atom stereocenters. The summed E-state index contributed by atoms with van der Waals surface area (Å²) >= 11 is -0.491. The van der Waals surface area contributed by atoms with Crippen LogP contribution >= 0.6 is 0 Å². The molecule has 0 bridgehead atoms. The maximum absolute atomic E-state index is 11.7. The number of hydrogen-bond acceptors (Lipinski definition) is 2. The Hall–Kier alpha value is -0.231. The SMILES string of the molecule is C[Se]N([Se]C)C(=O)NC(=O)C(F)(F)F. The van der Waals surface area contributed by atoms with Crippen LogP contribution in [-0.4, -0.2) is 51.4 Å². The quantitative estimate of drug-likeness (QED) is 0.740. The van der Waals surface area contributed by atoms with E-state index >= 15 is 0 Å². The Balaban J connectivity index is 4.26. The van der Waals surface area contributed by atoms with Gasteiger partial charge in [-0.1, -0.05) is 0 Å². The first-order valence-electron chi connectivity index (χ1n) is 3.13. The predicted molar refractivity (Wildman–Crippen MR) is 44.7 cm³/mol. The first-order chi connectivity index (χ1) is 6.32. The molecule has 0 aliphatic rings. The van der Waals surface area contributed by atoms with E-state index in [2.05, 4.69) is 0 Å². The van der Waals surface area contributed by atoms with E-state index in [0.717, 1.165) is 0 Å². The molecule has 0 aromatic rings. The van der Waals surface area contributed by atoms with E-state index in [-0.39, 0.29) is 30.3 Å². The van der Waals surface area contributed by atoms with Gasteiger partial charge in [-0.25, -0.2) is 0 Å². The molecular weight excluding hydrogens is 335 g/mol. The molecule has 0 spiro atoms. The summed E-state index contributed by atoms with van der Waals surface area (Å²) < 4.78 is 36.3. The average Bonchev–Trinajstić information content (AvgIpc) is 2.04. The Labute approximate surface area is 91.3 Å². The van der Waals surface area contributed by atoms with Crippen LogP contribution in [0.1, 0.15) is 0 Å². The summed E-state index contributed by atoms with van der Waals surface area (Å²) in [5, 5.41) is 1.28. The van der Waals surface area contributed by atoms with Gasteiger partial charge in [0.1, 0.15) is 0 Å². The van der Waals surface area contributed by atoms with Crippen LogP contribution in [0.2, 0.25) is 11.6 Å². The topological polar surface area (TPSA) is 49.4 Å². The van der Waals surface area contributed by atoms with E-state index in [1.807, 2.05) is 0 Å². The average molecular weight is 342 g/mol. The zero-order valence-electron chi connectivity index (χ0n) is 7.21. The molecule has 0 fully saturated rings. The fourth-order valence-corrected chi connectivity index (χ4v) is 3.28. The summed E-state index contributed by atoms with van der Waals surface area (Å²) in [5.74, 6) is 1.13. The summed E-state index contributed by atoms with van der Waals surface area (Å²) in [6, 6.07) is -0.975. The van der Waals surface area contributed by atoms with Gasteiger partial charge in [0.2, 0.25) is 0 Å². The normalized spacial score (nSPS) is 10.9. The summed E-state index contributed by atoms with van der Waals surface area (Å²) in [5.41, 5.74) is 0. The Kier molecular flexibility index (Phi) is 5.51. The molecule has 4 nitrogen and oxygen atoms in total. The van der Waals surface area contributed by atoms with E-state index in [1.165, 1.54) is 8.25 Å². The number of carbonyl (C=O) groups excluding carboxylic acids is 2. The molecule has 0 aliphatic heterocycles. The van der Waals surface area contributed by atoms with E-state index in [0.29, 0.717) is 0 Å². The van der Waals surface area contributed by atoms with Crippen molar-refractivity contribution in [1.29, 1.82) is 0 Å². The number of nitrogens with one attached hydrogen (secondary N) is 1. The molecule has 0 rings (SSSR count). The minimum atomic E-state index is -5.01. The van der Waals surface area contributed by atoms with Gasteiger partial charge in [0.15, 0.2) is 0 Å². The van der Waals surface area contributed by atoms with Gasteiger partial charge >= 0.3 is 91.1 Å². The van der Waals surface area contributed by atoms with Crippen LogP contribution in [0.25, 0.3) is 0 Å². The number of carbonyl (C=O) groups is 2. The molecule has 14 heavy (non-hydrogen) atoms. The van der Waals surface area contributed by atoms with Crippen LogP contribution in [0.15, 0.2) is 0 Å². The second-order valence-corrected chi connectivity index (χ2v) is 6.12. The van der Waals surface area contributed by atoms with E-state index in [4.69, 9.17) is 0 Å². The van der Waals surface area contributed by atoms with Crippen LogP contribution in [0, 0.1) is 0 Å². The number of alkyl halides is 3. The van der Waals surface area contributed by atoms with E-state index in [9.17, 15) is 22.8 Å². The predicted octanol–water partition coefficient (Wildman–Crippen LogP) is 0.421. The fourth-order valence-electron chi connectivity index (χ4n) is 0.454. The van der Waals surface area contributed by atoms with Gasteiger partial charge in [-0.15, -0.1) is 0 Å². The molecule has 0 saturated heterocycles. The zero-order chi connectivity index (χ0) is 11.4. The third kappa shape index (κ3) is 4.32. The van der Waals surface area contributed by atoms with Crippen molar-refractivity contribution in [2.24, 2.45) is 0 Å². The second kappa shape index (κ2) is 5.60. The Bertz CT molecular complexity index is 230. The molecule has 0 aromatic heterocycles. The molecule has 0 unspecified atom stereocenters. The standard InChI is InChI=1S/C5H7F3N2O2Se2/c1-13-10(14-2)4(12)9-3(11)5(6,7)8/h1-2H3,(H,9,11,12). The number of imide groups is 1. The molecule has 0 saturated carbocycles. The van der Waals surface area contributed by atoms with Gasteiger partial charge < -0.3 is 0 Å². The van der Waals surface area contributed by atoms with Crippen molar-refractivity contribution >= 4 is 42.3 Å². The van der Waals surface area contributed by atoms with Gasteiger partial charge in [0.05, 0.1) is 0 Å². The van der Waals surface area contributed by atoms with Gasteiger partial charge in [0.25, 0.3) is 0 Å². The minimum absolute atomic E-state index is 0.245. The fraction of sp³-hybridized carbons (Fsp3) is 0.600. The first-order valence-corrected chi connectivity index (χ1v) is 8.09. The summed E-state index contributed by atoms with van der Waals surface area (Å²) in [6.45, 7) is 0. The number of amides is 3. The van der Waals surface area contributed by atoms with Gasteiger partial charge in [0, 0.05) is 0 Å². The molecule has 82 valence electrons. The number of hydrogen-bond donors (Lipinski definition) is 1. The first kappa shape index (κ1) is 13.8.